The summed E-state index contributed by atoms with van der Waals surface area (Å²) in [6.45, 7) is 0. The first-order valence-corrected chi connectivity index (χ1v) is 7.38. The van der Waals surface area contributed by atoms with Crippen LogP contribution in [0.3, 0.4) is 0 Å². The number of hydrogen-bond donors (Lipinski definition) is 1. The highest BCUT2D eigenvalue weighted by molar-refractivity contribution is 14.1. The van der Waals surface area contributed by atoms with Crippen molar-refractivity contribution in [3.8, 4) is 0 Å². The Balaban J connectivity index is 2.16. The lowest BCUT2D eigenvalue weighted by Gasteiger charge is -2.13. The van der Waals surface area contributed by atoms with Gasteiger partial charge in [0.15, 0.2) is 0 Å². The molecule has 1 unspecified atom stereocenters. The summed E-state index contributed by atoms with van der Waals surface area (Å²) in [4.78, 5) is 0. The minimum absolute atomic E-state index is 0.0722. The molecule has 0 saturated heterocycles. The molecule has 0 aliphatic carbocycles. The summed E-state index contributed by atoms with van der Waals surface area (Å²) < 4.78 is 14.8. The molecule has 0 fully saturated rings. The fourth-order valence-electron chi connectivity index (χ4n) is 1.78. The monoisotopic (exact) mass is 419 g/mol. The van der Waals surface area contributed by atoms with Crippen molar-refractivity contribution in [2.75, 3.05) is 0 Å². The molecule has 0 bridgehead atoms. The first-order valence-electron chi connectivity index (χ1n) is 5.51. The molecular formula is C14H12BrFIN. The van der Waals surface area contributed by atoms with Crippen molar-refractivity contribution in [2.45, 2.75) is 12.5 Å². The van der Waals surface area contributed by atoms with Crippen molar-refractivity contribution in [3.05, 3.63) is 67.5 Å². The van der Waals surface area contributed by atoms with Gasteiger partial charge in [-0.3, -0.25) is 0 Å². The molecule has 4 heteroatoms. The Morgan fingerprint density at radius 3 is 2.67 bits per heavy atom. The van der Waals surface area contributed by atoms with Gasteiger partial charge in [-0.1, -0.05) is 18.2 Å². The van der Waals surface area contributed by atoms with Gasteiger partial charge >= 0.3 is 0 Å². The van der Waals surface area contributed by atoms with E-state index in [9.17, 15) is 4.39 Å². The Hall–Kier alpha value is -0.460. The van der Waals surface area contributed by atoms with Crippen LogP contribution >= 0.6 is 38.5 Å². The lowest BCUT2D eigenvalue weighted by atomic mass is 10.00. The largest absolute Gasteiger partial charge is 0.324 e. The van der Waals surface area contributed by atoms with Crippen molar-refractivity contribution in [3.63, 3.8) is 0 Å². The number of halogens is 3. The highest BCUT2D eigenvalue weighted by atomic mass is 127. The van der Waals surface area contributed by atoms with E-state index < -0.39 is 0 Å². The predicted molar refractivity (Wildman–Crippen MR) is 83.9 cm³/mol. The molecule has 18 heavy (non-hydrogen) atoms. The maximum absolute atomic E-state index is 13.1. The van der Waals surface area contributed by atoms with Gasteiger partial charge in [0.1, 0.15) is 5.82 Å². The van der Waals surface area contributed by atoms with E-state index in [0.29, 0.717) is 10.9 Å². The summed E-state index contributed by atoms with van der Waals surface area (Å²) in [5.74, 6) is -0.249. The summed E-state index contributed by atoms with van der Waals surface area (Å²) >= 11 is 5.45. The Labute approximate surface area is 128 Å². The molecule has 1 nitrogen and oxygen atoms in total. The fourth-order valence-corrected chi connectivity index (χ4v) is 2.77. The number of nitrogens with two attached hydrogens (primary N) is 1. The molecule has 2 aromatic rings. The van der Waals surface area contributed by atoms with Gasteiger partial charge in [-0.25, -0.2) is 4.39 Å². The number of benzene rings is 2. The van der Waals surface area contributed by atoms with E-state index in [2.05, 4.69) is 44.6 Å². The Morgan fingerprint density at radius 1 is 1.22 bits per heavy atom. The molecule has 0 aromatic heterocycles. The molecule has 2 rings (SSSR count). The van der Waals surface area contributed by atoms with Crippen LogP contribution in [-0.4, -0.2) is 0 Å². The van der Waals surface area contributed by atoms with Crippen LogP contribution in [0.25, 0.3) is 0 Å². The van der Waals surface area contributed by atoms with Crippen LogP contribution in [0.1, 0.15) is 17.2 Å². The van der Waals surface area contributed by atoms with Crippen LogP contribution in [0.5, 0.6) is 0 Å². The van der Waals surface area contributed by atoms with Gasteiger partial charge in [-0.2, -0.15) is 0 Å². The molecule has 1 atom stereocenters. The summed E-state index contributed by atoms with van der Waals surface area (Å²) in [7, 11) is 0. The van der Waals surface area contributed by atoms with E-state index in [1.54, 1.807) is 12.1 Å². The average molecular weight is 420 g/mol. The maximum Gasteiger partial charge on any atom is 0.137 e. The van der Waals surface area contributed by atoms with Gasteiger partial charge in [0.25, 0.3) is 0 Å². The minimum atomic E-state index is -0.249. The van der Waals surface area contributed by atoms with Crippen LogP contribution in [0.2, 0.25) is 0 Å². The van der Waals surface area contributed by atoms with Crippen molar-refractivity contribution in [1.82, 2.24) is 0 Å². The molecule has 0 amide bonds. The second-order valence-corrected chi connectivity index (χ2v) is 6.21. The second kappa shape index (κ2) is 6.12. The van der Waals surface area contributed by atoms with Crippen LogP contribution < -0.4 is 5.73 Å². The number of hydrogen-bond acceptors (Lipinski definition) is 1. The Kier molecular flexibility index (Phi) is 4.75. The molecule has 0 aliphatic rings. The molecule has 0 heterocycles. The topological polar surface area (TPSA) is 26.0 Å². The zero-order valence-corrected chi connectivity index (χ0v) is 13.3. The van der Waals surface area contributed by atoms with Crippen molar-refractivity contribution in [2.24, 2.45) is 5.73 Å². The fraction of sp³-hybridized carbons (Fsp3) is 0.143. The van der Waals surface area contributed by atoms with Crippen molar-refractivity contribution < 1.29 is 4.39 Å². The quantitative estimate of drug-likeness (QED) is 0.731. The summed E-state index contributed by atoms with van der Waals surface area (Å²) in [6.07, 6.45) is 0.693. The Morgan fingerprint density at radius 2 is 2.00 bits per heavy atom. The van der Waals surface area contributed by atoms with Crippen LogP contribution in [0, 0.1) is 9.39 Å². The third-order valence-corrected chi connectivity index (χ3v) is 4.00. The van der Waals surface area contributed by atoms with Gasteiger partial charge in [0.2, 0.25) is 0 Å². The van der Waals surface area contributed by atoms with Gasteiger partial charge in [-0.05, 0) is 80.3 Å². The summed E-state index contributed by atoms with van der Waals surface area (Å²) in [5, 5.41) is 0. The smallest absolute Gasteiger partial charge is 0.137 e. The lowest BCUT2D eigenvalue weighted by Crippen LogP contribution is -2.13. The van der Waals surface area contributed by atoms with Crippen LogP contribution in [0.4, 0.5) is 4.39 Å². The first-order chi connectivity index (χ1) is 8.56. The average Bonchev–Trinajstić information content (AvgIpc) is 2.34. The van der Waals surface area contributed by atoms with Crippen molar-refractivity contribution >= 4 is 38.5 Å². The predicted octanol–water partition coefficient (Wildman–Crippen LogP) is 4.44. The van der Waals surface area contributed by atoms with E-state index in [1.807, 2.05) is 18.2 Å². The molecule has 2 N–H and O–H groups in total. The zero-order valence-electron chi connectivity index (χ0n) is 9.54. The molecule has 0 aliphatic heterocycles. The molecule has 0 spiro atoms. The molecule has 0 radical (unpaired) electrons. The van der Waals surface area contributed by atoms with Gasteiger partial charge in [0, 0.05) is 9.61 Å². The third kappa shape index (κ3) is 3.52. The van der Waals surface area contributed by atoms with Gasteiger partial charge in [0.05, 0.1) is 4.47 Å². The molecular weight excluding hydrogens is 408 g/mol. The van der Waals surface area contributed by atoms with E-state index in [-0.39, 0.29) is 11.9 Å². The Bertz CT molecular complexity index is 559. The normalized spacial score (nSPS) is 12.4. The maximum atomic E-state index is 13.1. The van der Waals surface area contributed by atoms with Gasteiger partial charge in [-0.15, -0.1) is 0 Å². The highest BCUT2D eigenvalue weighted by Gasteiger charge is 2.09. The van der Waals surface area contributed by atoms with E-state index >= 15 is 0 Å². The summed E-state index contributed by atoms with van der Waals surface area (Å²) in [5.41, 5.74) is 8.29. The minimum Gasteiger partial charge on any atom is -0.324 e. The SMILES string of the molecule is NC(Cc1ccc(F)c(Br)c1)c1cccc(I)c1. The molecule has 0 saturated carbocycles. The zero-order chi connectivity index (χ0) is 13.1. The van der Waals surface area contributed by atoms with Crippen molar-refractivity contribution in [1.29, 1.82) is 0 Å². The number of rotatable bonds is 3. The van der Waals surface area contributed by atoms with E-state index in [1.165, 1.54) is 9.64 Å². The van der Waals surface area contributed by atoms with E-state index in [4.69, 9.17) is 5.73 Å². The first kappa shape index (κ1) is 14.0. The van der Waals surface area contributed by atoms with Gasteiger partial charge < -0.3 is 5.73 Å². The second-order valence-electron chi connectivity index (χ2n) is 4.11. The lowest BCUT2D eigenvalue weighted by molar-refractivity contribution is 0.618. The van der Waals surface area contributed by atoms with Crippen LogP contribution in [-0.2, 0) is 6.42 Å². The van der Waals surface area contributed by atoms with Crippen LogP contribution in [0.15, 0.2) is 46.9 Å². The highest BCUT2D eigenvalue weighted by Crippen LogP contribution is 2.22. The summed E-state index contributed by atoms with van der Waals surface area (Å²) in [6, 6.07) is 13.1. The van der Waals surface area contributed by atoms with E-state index in [0.717, 1.165) is 11.1 Å². The molecule has 94 valence electrons. The third-order valence-electron chi connectivity index (χ3n) is 2.72. The molecule has 2 aromatic carbocycles. The standard InChI is InChI=1S/C14H12BrFIN/c15-12-6-9(4-5-13(12)16)7-14(18)10-2-1-3-11(17)8-10/h1-6,8,14H,7,18H2.